The van der Waals surface area contributed by atoms with Gasteiger partial charge >= 0.3 is 0 Å². The zero-order valence-electron chi connectivity index (χ0n) is 17.7. The molecule has 1 N–H and O–H groups in total. The number of hydrogen-bond acceptors (Lipinski definition) is 6. The van der Waals surface area contributed by atoms with Crippen LogP contribution in [0.3, 0.4) is 0 Å². The van der Waals surface area contributed by atoms with Crippen LogP contribution in [0.5, 0.6) is 0 Å². The van der Waals surface area contributed by atoms with Crippen molar-refractivity contribution in [2.45, 2.75) is 11.3 Å². The minimum atomic E-state index is -3.93. The van der Waals surface area contributed by atoms with Gasteiger partial charge in [-0.3, -0.25) is 9.03 Å². The van der Waals surface area contributed by atoms with Gasteiger partial charge in [0, 0.05) is 29.4 Å². The van der Waals surface area contributed by atoms with Crippen molar-refractivity contribution in [3.05, 3.63) is 77.9 Å². The molecular weight excluding hydrogens is 496 g/mol. The first-order valence-electron chi connectivity index (χ1n) is 10.4. The van der Waals surface area contributed by atoms with Crippen LogP contribution in [0.15, 0.2) is 77.8 Å². The third-order valence-electron chi connectivity index (χ3n) is 5.48. The second-order valence-electron chi connectivity index (χ2n) is 7.79. The lowest BCUT2D eigenvalue weighted by Gasteiger charge is -2.17. The summed E-state index contributed by atoms with van der Waals surface area (Å²) in [5, 5.41) is 1.26. The van der Waals surface area contributed by atoms with Crippen molar-refractivity contribution in [2.24, 2.45) is 0 Å². The largest absolute Gasteiger partial charge is 0.280 e. The summed E-state index contributed by atoms with van der Waals surface area (Å²) < 4.78 is 54.0. The normalized spacial score (nSPS) is 15.5. The Hall–Kier alpha value is -3.21. The van der Waals surface area contributed by atoms with Gasteiger partial charge in [-0.2, -0.15) is 0 Å². The number of fused-ring (bicyclic) bond motifs is 1. The second-order valence-corrected chi connectivity index (χ2v) is 11.9. The van der Waals surface area contributed by atoms with Crippen LogP contribution >= 0.6 is 11.6 Å². The molecule has 1 aliphatic rings. The average molecular weight is 515 g/mol. The number of anilines is 2. The number of benzene rings is 3. The molecule has 1 aliphatic heterocycles. The van der Waals surface area contributed by atoms with Crippen LogP contribution in [0, 0.1) is 0 Å². The van der Waals surface area contributed by atoms with E-state index in [4.69, 9.17) is 11.6 Å². The smallest absolute Gasteiger partial charge is 0.261 e. The minimum Gasteiger partial charge on any atom is -0.280 e. The lowest BCUT2D eigenvalue weighted by Crippen LogP contribution is -2.25. The molecule has 0 unspecified atom stereocenters. The first-order valence-corrected chi connectivity index (χ1v) is 13.8. The number of rotatable bonds is 5. The summed E-state index contributed by atoms with van der Waals surface area (Å²) >= 11 is 6.36. The molecule has 1 saturated heterocycles. The van der Waals surface area contributed by atoms with Crippen LogP contribution in [-0.4, -0.2) is 39.1 Å². The molecule has 0 spiro atoms. The van der Waals surface area contributed by atoms with Gasteiger partial charge in [0.25, 0.3) is 10.0 Å². The molecule has 0 saturated carbocycles. The summed E-state index contributed by atoms with van der Waals surface area (Å²) in [6, 6.07) is 18.0. The van der Waals surface area contributed by atoms with Crippen molar-refractivity contribution in [2.75, 3.05) is 21.3 Å². The van der Waals surface area contributed by atoms with Crippen molar-refractivity contribution < 1.29 is 16.8 Å². The van der Waals surface area contributed by atoms with Crippen molar-refractivity contribution in [1.82, 2.24) is 9.97 Å². The van der Waals surface area contributed by atoms with E-state index in [1.807, 2.05) is 24.3 Å². The van der Waals surface area contributed by atoms with E-state index in [1.54, 1.807) is 24.4 Å². The molecule has 0 bridgehead atoms. The van der Waals surface area contributed by atoms with E-state index >= 15 is 0 Å². The minimum absolute atomic E-state index is 0.00583. The molecule has 2 heterocycles. The topological polar surface area (TPSA) is 109 Å². The second kappa shape index (κ2) is 8.53. The molecule has 0 atom stereocenters. The summed E-state index contributed by atoms with van der Waals surface area (Å²) in [6.45, 7) is 0.386. The first kappa shape index (κ1) is 22.6. The maximum atomic E-state index is 13.0. The molecular formula is C23H19ClN4O4S2. The fourth-order valence-corrected chi connectivity index (χ4v) is 6.61. The molecule has 8 nitrogen and oxygen atoms in total. The third kappa shape index (κ3) is 4.31. The van der Waals surface area contributed by atoms with Gasteiger partial charge in [-0.1, -0.05) is 29.8 Å². The Morgan fingerprint density at radius 2 is 1.76 bits per heavy atom. The summed E-state index contributed by atoms with van der Waals surface area (Å²) in [5.74, 6) is 0.468. The van der Waals surface area contributed by atoms with Crippen LogP contribution in [0.1, 0.15) is 6.42 Å². The summed E-state index contributed by atoms with van der Waals surface area (Å²) in [6.07, 6.45) is 2.23. The van der Waals surface area contributed by atoms with E-state index in [2.05, 4.69) is 14.7 Å². The Labute approximate surface area is 202 Å². The van der Waals surface area contributed by atoms with Crippen LogP contribution in [0.2, 0.25) is 5.02 Å². The highest BCUT2D eigenvalue weighted by atomic mass is 35.5. The number of para-hydroxylation sites is 1. The van der Waals surface area contributed by atoms with E-state index in [-0.39, 0.29) is 10.6 Å². The Morgan fingerprint density at radius 1 is 1.00 bits per heavy atom. The lowest BCUT2D eigenvalue weighted by atomic mass is 10.1. The van der Waals surface area contributed by atoms with E-state index in [0.29, 0.717) is 40.8 Å². The molecule has 0 aliphatic carbocycles. The molecule has 1 fully saturated rings. The summed E-state index contributed by atoms with van der Waals surface area (Å²) in [7, 11) is -7.27. The predicted molar refractivity (Wildman–Crippen MR) is 133 cm³/mol. The Morgan fingerprint density at radius 3 is 2.50 bits per heavy atom. The first-order chi connectivity index (χ1) is 16.2. The molecule has 174 valence electrons. The van der Waals surface area contributed by atoms with Crippen molar-refractivity contribution >= 4 is 53.9 Å². The van der Waals surface area contributed by atoms with Crippen LogP contribution in [0.4, 0.5) is 11.4 Å². The van der Waals surface area contributed by atoms with Gasteiger partial charge in [-0.25, -0.2) is 26.8 Å². The number of nitrogens with zero attached hydrogens (tertiary/aromatic N) is 3. The molecule has 0 amide bonds. The monoisotopic (exact) mass is 514 g/mol. The van der Waals surface area contributed by atoms with Crippen LogP contribution in [-0.2, 0) is 20.0 Å². The number of sulfonamides is 2. The van der Waals surface area contributed by atoms with E-state index in [9.17, 15) is 16.8 Å². The van der Waals surface area contributed by atoms with Crippen LogP contribution in [0.25, 0.3) is 22.3 Å². The summed E-state index contributed by atoms with van der Waals surface area (Å²) in [4.78, 5) is 8.91. The van der Waals surface area contributed by atoms with Gasteiger partial charge in [-0.05, 0) is 55.0 Å². The van der Waals surface area contributed by atoms with Crippen molar-refractivity contribution in [1.29, 1.82) is 0 Å². The van der Waals surface area contributed by atoms with Gasteiger partial charge in [0.05, 0.1) is 26.9 Å². The van der Waals surface area contributed by atoms with Crippen molar-refractivity contribution in [3.63, 3.8) is 0 Å². The van der Waals surface area contributed by atoms with Gasteiger partial charge < -0.3 is 0 Å². The molecule has 1 aromatic heterocycles. The van der Waals surface area contributed by atoms with E-state index < -0.39 is 20.0 Å². The number of hydrogen-bond donors (Lipinski definition) is 1. The molecule has 0 radical (unpaired) electrons. The predicted octanol–water partition coefficient (Wildman–Crippen LogP) is 4.29. The number of aromatic nitrogens is 2. The van der Waals surface area contributed by atoms with Crippen molar-refractivity contribution in [3.8, 4) is 11.4 Å². The van der Waals surface area contributed by atoms with Gasteiger partial charge in [0.1, 0.15) is 0 Å². The van der Waals surface area contributed by atoms with E-state index in [0.717, 1.165) is 10.9 Å². The maximum Gasteiger partial charge on any atom is 0.261 e. The fourth-order valence-electron chi connectivity index (χ4n) is 3.80. The molecule has 34 heavy (non-hydrogen) atoms. The highest BCUT2D eigenvalue weighted by Gasteiger charge is 2.28. The average Bonchev–Trinajstić information content (AvgIpc) is 3.19. The zero-order valence-corrected chi connectivity index (χ0v) is 20.1. The highest BCUT2D eigenvalue weighted by Crippen LogP contribution is 2.31. The van der Waals surface area contributed by atoms with Gasteiger partial charge in [0.15, 0.2) is 5.82 Å². The SMILES string of the molecule is O=S(=O)(Nc1ccc(Cl)c(-c2ncc3ccccc3n2)c1)c1ccc(N2CCCS2(=O)=O)cc1. The third-order valence-corrected chi connectivity index (χ3v) is 9.08. The Balaban J connectivity index is 1.42. The highest BCUT2D eigenvalue weighted by molar-refractivity contribution is 7.93. The summed E-state index contributed by atoms with van der Waals surface area (Å²) in [5.41, 5.74) is 1.97. The standard InChI is InChI=1S/C23H19ClN4O4S2/c24-21-11-6-17(14-20(21)23-25-15-16-4-1-2-5-22(16)26-23)27-34(31,32)19-9-7-18(8-10-19)28-12-3-13-33(28,29)30/h1-2,4-11,14-15,27H,3,12-13H2. The molecule has 4 aromatic rings. The van der Waals surface area contributed by atoms with E-state index in [1.165, 1.54) is 28.6 Å². The van der Waals surface area contributed by atoms with Gasteiger partial charge in [-0.15, -0.1) is 0 Å². The number of nitrogens with one attached hydrogen (secondary N) is 1. The van der Waals surface area contributed by atoms with Crippen LogP contribution < -0.4 is 9.03 Å². The molecule has 5 rings (SSSR count). The lowest BCUT2D eigenvalue weighted by molar-refractivity contribution is 0.599. The van der Waals surface area contributed by atoms with Gasteiger partial charge in [0.2, 0.25) is 10.0 Å². The Bertz CT molecular complexity index is 1610. The molecule has 3 aromatic carbocycles. The Kier molecular flexibility index (Phi) is 5.67. The quantitative estimate of drug-likeness (QED) is 0.425. The molecule has 11 heteroatoms. The maximum absolute atomic E-state index is 13.0. The zero-order chi connectivity index (χ0) is 23.9. The number of halogens is 1. The fraction of sp³-hybridized carbons (Fsp3) is 0.130.